The summed E-state index contributed by atoms with van der Waals surface area (Å²) >= 11 is 0. The van der Waals surface area contributed by atoms with Crippen LogP contribution in [0.25, 0.3) is 0 Å². The molecule has 1 aliphatic heterocycles. The maximum atomic E-state index is 5.63. The van der Waals surface area contributed by atoms with Gasteiger partial charge in [0.25, 0.3) is 0 Å². The van der Waals surface area contributed by atoms with E-state index in [1.807, 2.05) is 0 Å². The fourth-order valence-electron chi connectivity index (χ4n) is 1.29. The number of likely N-dealkylation sites (N-methyl/N-ethyl adjacent to an activating group) is 1. The number of hydrogen-bond donors (Lipinski definition) is 0. The molecule has 0 saturated carbocycles. The minimum absolute atomic E-state index is 0.0799. The molecule has 10 heavy (non-hydrogen) atoms. The number of nitrogens with zero attached hydrogens (tertiary/aromatic N) is 1. The van der Waals surface area contributed by atoms with E-state index in [0.717, 1.165) is 19.5 Å². The Morgan fingerprint density at radius 3 is 2.80 bits per heavy atom. The molecule has 1 saturated heterocycles. The quantitative estimate of drug-likeness (QED) is 0.482. The number of rotatable bonds is 1. The van der Waals surface area contributed by atoms with Crippen molar-refractivity contribution in [3.63, 3.8) is 0 Å². The van der Waals surface area contributed by atoms with Gasteiger partial charge in [-0.05, 0) is 13.5 Å². The van der Waals surface area contributed by atoms with Gasteiger partial charge in [-0.2, -0.15) is 0 Å². The van der Waals surface area contributed by atoms with Crippen LogP contribution in [-0.2, 0) is 4.74 Å². The summed E-state index contributed by atoms with van der Waals surface area (Å²) < 4.78 is 5.44. The molecule has 2 atom stereocenters. The van der Waals surface area contributed by atoms with Gasteiger partial charge in [-0.25, -0.2) is 0 Å². The van der Waals surface area contributed by atoms with Crippen molar-refractivity contribution in [2.45, 2.75) is 25.5 Å². The van der Waals surface area contributed by atoms with Gasteiger partial charge in [0.2, 0.25) is 0 Å². The Hall–Kier alpha value is -0.0151. The third-order valence-corrected chi connectivity index (χ3v) is 1.83. The Kier molecular flexibility index (Phi) is 2.75. The highest BCUT2D eigenvalue weighted by atomic mass is 16.5. The fourth-order valence-corrected chi connectivity index (χ4v) is 1.29. The summed E-state index contributed by atoms with van der Waals surface area (Å²) in [5.41, 5.74) is 0. The molecule has 0 aromatic rings. The fraction of sp³-hybridized carbons (Fsp3) is 1.00. The lowest BCUT2D eigenvalue weighted by atomic mass is 9.97. The molecular formula is C7H14BNO. The molecular weight excluding hydrogens is 125 g/mol. The van der Waals surface area contributed by atoms with Crippen molar-refractivity contribution in [1.29, 1.82) is 0 Å². The minimum Gasteiger partial charge on any atom is -0.382 e. The van der Waals surface area contributed by atoms with Gasteiger partial charge in [-0.1, -0.05) is 6.92 Å². The van der Waals surface area contributed by atoms with Crippen LogP contribution in [0.5, 0.6) is 0 Å². The van der Waals surface area contributed by atoms with Crippen molar-refractivity contribution in [2.24, 2.45) is 0 Å². The molecule has 0 aliphatic carbocycles. The third kappa shape index (κ3) is 1.99. The van der Waals surface area contributed by atoms with Crippen molar-refractivity contribution in [1.82, 2.24) is 4.90 Å². The zero-order chi connectivity index (χ0) is 7.56. The van der Waals surface area contributed by atoms with E-state index in [-0.39, 0.29) is 6.00 Å². The summed E-state index contributed by atoms with van der Waals surface area (Å²) in [6, 6.07) is -0.0799. The van der Waals surface area contributed by atoms with Gasteiger partial charge < -0.3 is 9.64 Å². The molecule has 0 N–H and O–H groups in total. The van der Waals surface area contributed by atoms with Crippen molar-refractivity contribution in [3.8, 4) is 0 Å². The van der Waals surface area contributed by atoms with Gasteiger partial charge in [0.05, 0.1) is 6.10 Å². The summed E-state index contributed by atoms with van der Waals surface area (Å²) in [6.45, 7) is 4.00. The predicted octanol–water partition coefficient (Wildman–Crippen LogP) is 0.222. The maximum absolute atomic E-state index is 5.63. The Bertz CT molecular complexity index is 99.8. The minimum atomic E-state index is -0.0799. The van der Waals surface area contributed by atoms with E-state index >= 15 is 0 Å². The molecule has 1 aliphatic rings. The molecule has 0 spiro atoms. The lowest BCUT2D eigenvalue weighted by Crippen LogP contribution is -2.45. The van der Waals surface area contributed by atoms with Gasteiger partial charge in [0, 0.05) is 19.1 Å². The van der Waals surface area contributed by atoms with Crippen LogP contribution in [0.4, 0.5) is 0 Å². The van der Waals surface area contributed by atoms with E-state index in [1.54, 1.807) is 0 Å². The molecule has 56 valence electrons. The molecule has 0 amide bonds. The zero-order valence-electron chi connectivity index (χ0n) is 6.71. The van der Waals surface area contributed by atoms with Gasteiger partial charge in [-0.15, -0.1) is 0 Å². The first-order valence-electron chi connectivity index (χ1n) is 3.82. The summed E-state index contributed by atoms with van der Waals surface area (Å²) in [6.07, 6.45) is 1.40. The Labute approximate surface area is 63.9 Å². The van der Waals surface area contributed by atoms with Crippen LogP contribution in [-0.4, -0.2) is 45.0 Å². The van der Waals surface area contributed by atoms with Crippen molar-refractivity contribution in [2.75, 3.05) is 20.1 Å². The lowest BCUT2D eigenvalue weighted by Gasteiger charge is -2.34. The first-order chi connectivity index (χ1) is 4.72. The molecule has 0 bridgehead atoms. The van der Waals surface area contributed by atoms with E-state index in [1.165, 1.54) is 0 Å². The highest BCUT2D eigenvalue weighted by molar-refractivity contribution is 6.11. The topological polar surface area (TPSA) is 12.5 Å². The summed E-state index contributed by atoms with van der Waals surface area (Å²) in [4.78, 5) is 2.21. The second kappa shape index (κ2) is 3.40. The van der Waals surface area contributed by atoms with E-state index in [4.69, 9.17) is 12.6 Å². The molecule has 1 rings (SSSR count). The number of hydrogen-bond acceptors (Lipinski definition) is 2. The van der Waals surface area contributed by atoms with E-state index in [9.17, 15) is 0 Å². The monoisotopic (exact) mass is 139 g/mol. The smallest absolute Gasteiger partial charge is 0.110 e. The summed E-state index contributed by atoms with van der Waals surface area (Å²) in [5.74, 6) is 0. The Morgan fingerprint density at radius 1 is 1.60 bits per heavy atom. The van der Waals surface area contributed by atoms with Gasteiger partial charge >= 0.3 is 0 Å². The summed E-state index contributed by atoms with van der Waals surface area (Å²) in [5, 5.41) is 0. The van der Waals surface area contributed by atoms with E-state index in [2.05, 4.69) is 18.9 Å². The van der Waals surface area contributed by atoms with Gasteiger partial charge in [-0.3, -0.25) is 0 Å². The first-order valence-corrected chi connectivity index (χ1v) is 3.82. The predicted molar refractivity (Wildman–Crippen MR) is 42.2 cm³/mol. The Morgan fingerprint density at radius 2 is 2.30 bits per heavy atom. The van der Waals surface area contributed by atoms with Crippen LogP contribution in [0.15, 0.2) is 0 Å². The van der Waals surface area contributed by atoms with Crippen LogP contribution < -0.4 is 0 Å². The lowest BCUT2D eigenvalue weighted by molar-refractivity contribution is -0.0423. The number of ether oxygens (including phenoxy) is 1. The van der Waals surface area contributed by atoms with Gasteiger partial charge in [0.1, 0.15) is 7.85 Å². The highest BCUT2D eigenvalue weighted by Crippen LogP contribution is 2.09. The molecule has 0 aromatic heterocycles. The zero-order valence-corrected chi connectivity index (χ0v) is 6.71. The van der Waals surface area contributed by atoms with Crippen molar-refractivity contribution in [3.05, 3.63) is 0 Å². The van der Waals surface area contributed by atoms with E-state index in [0.29, 0.717) is 6.10 Å². The second-order valence-corrected chi connectivity index (χ2v) is 2.93. The average molecular weight is 139 g/mol. The maximum Gasteiger partial charge on any atom is 0.110 e. The van der Waals surface area contributed by atoms with Crippen LogP contribution >= 0.6 is 0 Å². The highest BCUT2D eigenvalue weighted by Gasteiger charge is 2.20. The standard InChI is InChI=1S/C7H14BNO/c1-3-6-4-9(2)5-7(8)10-6/h6-7H,3-5H2,1-2H3. The van der Waals surface area contributed by atoms with Crippen LogP contribution in [0.3, 0.4) is 0 Å². The van der Waals surface area contributed by atoms with Gasteiger partial charge in [0.15, 0.2) is 0 Å². The van der Waals surface area contributed by atoms with Crippen LogP contribution in [0.1, 0.15) is 13.3 Å². The van der Waals surface area contributed by atoms with E-state index < -0.39 is 0 Å². The van der Waals surface area contributed by atoms with Crippen molar-refractivity contribution >= 4 is 7.85 Å². The molecule has 2 nitrogen and oxygen atoms in total. The van der Waals surface area contributed by atoms with Crippen molar-refractivity contribution < 1.29 is 4.74 Å². The number of morpholine rings is 1. The normalized spacial score (nSPS) is 36.2. The molecule has 1 fully saturated rings. The molecule has 1 heterocycles. The Balaban J connectivity index is 2.35. The third-order valence-electron chi connectivity index (χ3n) is 1.83. The average Bonchev–Trinajstić information content (AvgIpc) is 1.85. The molecule has 2 radical (unpaired) electrons. The first kappa shape index (κ1) is 8.09. The molecule has 2 unspecified atom stereocenters. The van der Waals surface area contributed by atoms with Crippen LogP contribution in [0.2, 0.25) is 0 Å². The molecule has 0 aromatic carbocycles. The largest absolute Gasteiger partial charge is 0.382 e. The SMILES string of the molecule is [B]C1CN(C)CC(CC)O1. The second-order valence-electron chi connectivity index (χ2n) is 2.93. The van der Waals surface area contributed by atoms with Crippen LogP contribution in [0, 0.1) is 0 Å². The summed E-state index contributed by atoms with van der Waals surface area (Å²) in [7, 11) is 7.70. The molecule has 3 heteroatoms.